The molecule has 7 heteroatoms. The smallest absolute Gasteiger partial charge is 0.265 e. The molecular weight excluding hydrogens is 330 g/mol. The maximum Gasteiger partial charge on any atom is 0.265 e. The molecule has 0 bridgehead atoms. The Morgan fingerprint density at radius 3 is 2.83 bits per heavy atom. The van der Waals surface area contributed by atoms with Gasteiger partial charge in [-0.3, -0.25) is 9.59 Å². The van der Waals surface area contributed by atoms with Crippen molar-refractivity contribution in [3.8, 4) is 5.75 Å². The average Bonchev–Trinajstić information content (AvgIpc) is 2.97. The molecule has 0 aliphatic carbocycles. The summed E-state index contributed by atoms with van der Waals surface area (Å²) in [6.07, 6.45) is 1.26. The number of ether oxygens (including phenoxy) is 1. The maximum absolute atomic E-state index is 12.4. The minimum Gasteiger partial charge on any atom is -0.482 e. The molecule has 1 saturated heterocycles. The second-order valence-electron chi connectivity index (χ2n) is 6.63. The van der Waals surface area contributed by atoms with Crippen molar-refractivity contribution in [1.29, 1.82) is 0 Å². The molecule has 24 heavy (non-hydrogen) atoms. The maximum atomic E-state index is 12.4. The zero-order valence-corrected chi connectivity index (χ0v) is 14.7. The first kappa shape index (κ1) is 18.5. The number of nitrogens with zero attached hydrogens (tertiary/aromatic N) is 2. The number of benzene rings is 1. The van der Waals surface area contributed by atoms with Crippen molar-refractivity contribution in [2.45, 2.75) is 19.8 Å². The van der Waals surface area contributed by atoms with Crippen LogP contribution >= 0.6 is 12.4 Å². The van der Waals surface area contributed by atoms with Crippen molar-refractivity contribution in [1.82, 2.24) is 4.90 Å². The summed E-state index contributed by atoms with van der Waals surface area (Å²) >= 11 is 0. The van der Waals surface area contributed by atoms with Crippen LogP contribution in [-0.2, 0) is 9.59 Å². The van der Waals surface area contributed by atoms with Crippen LogP contribution < -0.4 is 15.4 Å². The van der Waals surface area contributed by atoms with Crippen LogP contribution in [0.2, 0.25) is 0 Å². The number of anilines is 1. The molecule has 1 aromatic rings. The van der Waals surface area contributed by atoms with Crippen molar-refractivity contribution in [3.05, 3.63) is 24.3 Å². The number of para-hydroxylation sites is 2. The molecule has 2 amide bonds. The minimum absolute atomic E-state index is 0. The van der Waals surface area contributed by atoms with E-state index in [1.807, 2.05) is 29.2 Å². The van der Waals surface area contributed by atoms with Crippen molar-refractivity contribution in [3.63, 3.8) is 0 Å². The third-order valence-electron chi connectivity index (χ3n) is 4.76. The van der Waals surface area contributed by atoms with Gasteiger partial charge in [-0.2, -0.15) is 0 Å². The number of hydrogen-bond acceptors (Lipinski definition) is 4. The summed E-state index contributed by atoms with van der Waals surface area (Å²) in [7, 11) is 0. The summed E-state index contributed by atoms with van der Waals surface area (Å²) in [4.78, 5) is 28.0. The van der Waals surface area contributed by atoms with E-state index < -0.39 is 0 Å². The minimum atomic E-state index is -0.107. The van der Waals surface area contributed by atoms with Gasteiger partial charge in [-0.1, -0.05) is 19.1 Å². The molecule has 0 radical (unpaired) electrons. The highest BCUT2D eigenvalue weighted by Gasteiger charge is 2.35. The fourth-order valence-electron chi connectivity index (χ4n) is 3.17. The molecule has 3 rings (SSSR count). The topological polar surface area (TPSA) is 75.9 Å². The Balaban J connectivity index is 0.00000208. The van der Waals surface area contributed by atoms with Gasteiger partial charge in [0.1, 0.15) is 5.75 Å². The van der Waals surface area contributed by atoms with E-state index in [9.17, 15) is 9.59 Å². The van der Waals surface area contributed by atoms with Crippen molar-refractivity contribution in [2.75, 3.05) is 37.7 Å². The van der Waals surface area contributed by atoms with E-state index in [0.29, 0.717) is 31.8 Å². The number of likely N-dealkylation sites (tertiary alicyclic amines) is 1. The summed E-state index contributed by atoms with van der Waals surface area (Å²) in [6, 6.07) is 7.42. The van der Waals surface area contributed by atoms with Gasteiger partial charge >= 0.3 is 0 Å². The summed E-state index contributed by atoms with van der Waals surface area (Å²) in [5.74, 6) is 0.667. The van der Waals surface area contributed by atoms with Gasteiger partial charge in [0.2, 0.25) is 5.91 Å². The third kappa shape index (κ3) is 3.65. The number of carbonyl (C=O) groups excluding carboxylic acids is 2. The van der Waals surface area contributed by atoms with Gasteiger partial charge in [0.05, 0.1) is 5.69 Å². The molecule has 1 unspecified atom stereocenters. The van der Waals surface area contributed by atoms with Crippen LogP contribution in [0.3, 0.4) is 0 Å². The Hall–Kier alpha value is -1.79. The fraction of sp³-hybridized carbons (Fsp3) is 0.529. The fourth-order valence-corrected chi connectivity index (χ4v) is 3.17. The van der Waals surface area contributed by atoms with E-state index in [2.05, 4.69) is 6.92 Å². The molecule has 1 aromatic carbocycles. The van der Waals surface area contributed by atoms with Crippen LogP contribution in [0.5, 0.6) is 5.75 Å². The first-order chi connectivity index (χ1) is 11.0. The van der Waals surface area contributed by atoms with Crippen LogP contribution in [0.4, 0.5) is 5.69 Å². The predicted octanol–water partition coefficient (Wildman–Crippen LogP) is 1.42. The Bertz CT molecular complexity index is 625. The van der Waals surface area contributed by atoms with Crippen LogP contribution in [0.25, 0.3) is 0 Å². The molecular formula is C17H24ClN3O3. The second kappa shape index (κ2) is 7.40. The number of fused-ring (bicyclic) bond motifs is 1. The van der Waals surface area contributed by atoms with Gasteiger partial charge in [-0.05, 0) is 30.5 Å². The molecule has 1 fully saturated rings. The number of rotatable bonds is 4. The van der Waals surface area contributed by atoms with Crippen LogP contribution in [0.1, 0.15) is 19.8 Å². The zero-order valence-electron chi connectivity index (χ0n) is 13.9. The number of hydrogen-bond donors (Lipinski definition) is 1. The lowest BCUT2D eigenvalue weighted by Gasteiger charge is -2.30. The van der Waals surface area contributed by atoms with Gasteiger partial charge in [0, 0.05) is 26.1 Å². The third-order valence-corrected chi connectivity index (χ3v) is 4.76. The molecule has 2 aliphatic rings. The van der Waals surface area contributed by atoms with Gasteiger partial charge in [0.25, 0.3) is 5.91 Å². The average molecular weight is 354 g/mol. The summed E-state index contributed by atoms with van der Waals surface area (Å²) in [6.45, 7) is 4.57. The Morgan fingerprint density at radius 2 is 2.12 bits per heavy atom. The normalized spacial score (nSPS) is 22.7. The van der Waals surface area contributed by atoms with Crippen LogP contribution in [-0.4, -0.2) is 49.5 Å². The van der Waals surface area contributed by atoms with Gasteiger partial charge in [-0.25, -0.2) is 0 Å². The molecule has 2 aliphatic heterocycles. The van der Waals surface area contributed by atoms with Crippen molar-refractivity contribution < 1.29 is 14.3 Å². The number of halogens is 1. The first-order valence-electron chi connectivity index (χ1n) is 8.02. The highest BCUT2D eigenvalue weighted by Crippen LogP contribution is 2.32. The summed E-state index contributed by atoms with van der Waals surface area (Å²) in [5, 5.41) is 0. The lowest BCUT2D eigenvalue weighted by molar-refractivity contribution is -0.130. The van der Waals surface area contributed by atoms with Crippen molar-refractivity contribution >= 4 is 29.9 Å². The lowest BCUT2D eigenvalue weighted by atomic mass is 9.90. The lowest BCUT2D eigenvalue weighted by Crippen LogP contribution is -2.42. The highest BCUT2D eigenvalue weighted by molar-refractivity contribution is 5.98. The van der Waals surface area contributed by atoms with Gasteiger partial charge in [0.15, 0.2) is 6.61 Å². The molecule has 132 valence electrons. The Labute approximate surface area is 148 Å². The monoisotopic (exact) mass is 353 g/mol. The van der Waals surface area contributed by atoms with E-state index in [0.717, 1.165) is 18.7 Å². The van der Waals surface area contributed by atoms with E-state index in [4.69, 9.17) is 10.5 Å². The number of nitrogens with two attached hydrogens (primary N) is 1. The summed E-state index contributed by atoms with van der Waals surface area (Å²) in [5.41, 5.74) is 6.55. The van der Waals surface area contributed by atoms with Crippen LogP contribution in [0, 0.1) is 5.41 Å². The van der Waals surface area contributed by atoms with E-state index >= 15 is 0 Å². The van der Waals surface area contributed by atoms with Crippen LogP contribution in [0.15, 0.2) is 24.3 Å². The molecule has 1 atom stereocenters. The van der Waals surface area contributed by atoms with Gasteiger partial charge < -0.3 is 20.3 Å². The van der Waals surface area contributed by atoms with E-state index in [-0.39, 0.29) is 36.2 Å². The first-order valence-corrected chi connectivity index (χ1v) is 8.02. The number of amides is 2. The van der Waals surface area contributed by atoms with E-state index in [1.165, 1.54) is 0 Å². The predicted molar refractivity (Wildman–Crippen MR) is 94.5 cm³/mol. The molecule has 0 saturated carbocycles. The molecule has 0 spiro atoms. The standard InChI is InChI=1S/C17H23N3O3.ClH/c1-17(11-18)7-9-19(12-17)15(21)6-8-20-13-4-2-3-5-14(13)23-10-16(20)22;/h2-5H,6-12,18H2,1H3;1H. The molecule has 2 N–H and O–H groups in total. The van der Waals surface area contributed by atoms with Gasteiger partial charge in [-0.15, -0.1) is 12.4 Å². The Kier molecular flexibility index (Phi) is 5.72. The molecule has 6 nitrogen and oxygen atoms in total. The quantitative estimate of drug-likeness (QED) is 0.888. The Morgan fingerprint density at radius 1 is 1.38 bits per heavy atom. The summed E-state index contributed by atoms with van der Waals surface area (Å²) < 4.78 is 5.41. The molecule has 2 heterocycles. The van der Waals surface area contributed by atoms with E-state index in [1.54, 1.807) is 4.90 Å². The SMILES string of the molecule is CC1(CN)CCN(C(=O)CCN2C(=O)COc3ccccc32)C1.Cl. The zero-order chi connectivity index (χ0) is 16.4. The highest BCUT2D eigenvalue weighted by atomic mass is 35.5. The number of carbonyl (C=O) groups is 2. The largest absolute Gasteiger partial charge is 0.482 e. The van der Waals surface area contributed by atoms with Crippen molar-refractivity contribution in [2.24, 2.45) is 11.1 Å². The second-order valence-corrected chi connectivity index (χ2v) is 6.63. The molecule has 0 aromatic heterocycles.